The molecule has 0 N–H and O–H groups in total. The SMILES string of the molecule is FC(F)(F)C(Cl)(Br)C(Cl)(Cl)Br. The molecule has 0 fully saturated rings. The van der Waals surface area contributed by atoms with Crippen LogP contribution in [0.2, 0.25) is 0 Å². The van der Waals surface area contributed by atoms with Crippen LogP contribution in [0.4, 0.5) is 13.2 Å². The van der Waals surface area contributed by atoms with E-state index in [-0.39, 0.29) is 0 Å². The third kappa shape index (κ3) is 2.79. The van der Waals surface area contributed by atoms with Gasteiger partial charge in [0, 0.05) is 0 Å². The zero-order valence-corrected chi connectivity index (χ0v) is 9.96. The van der Waals surface area contributed by atoms with Crippen LogP contribution in [-0.2, 0) is 0 Å². The van der Waals surface area contributed by atoms with Gasteiger partial charge < -0.3 is 0 Å². The Morgan fingerprint density at radius 1 is 0.909 bits per heavy atom. The highest BCUT2D eigenvalue weighted by molar-refractivity contribution is 9.13. The zero-order valence-electron chi connectivity index (χ0n) is 4.52. The minimum absolute atomic E-state index is 2.15. The molecule has 0 nitrogen and oxygen atoms in total. The van der Waals surface area contributed by atoms with Crippen molar-refractivity contribution in [1.29, 1.82) is 0 Å². The number of halogens is 8. The third-order valence-corrected chi connectivity index (χ3v) is 4.83. The average Bonchev–Trinajstić information content (AvgIpc) is 1.58. The summed E-state index contributed by atoms with van der Waals surface area (Å²) in [6.07, 6.45) is -4.75. The van der Waals surface area contributed by atoms with Crippen LogP contribution >= 0.6 is 66.7 Å². The molecule has 0 aliphatic carbocycles. The van der Waals surface area contributed by atoms with Crippen LogP contribution in [0, 0.1) is 0 Å². The highest BCUT2D eigenvalue weighted by Gasteiger charge is 2.63. The molecule has 0 saturated carbocycles. The van der Waals surface area contributed by atoms with E-state index in [0.29, 0.717) is 0 Å². The Morgan fingerprint density at radius 3 is 1.18 bits per heavy atom. The van der Waals surface area contributed by atoms with Crippen molar-refractivity contribution in [3.8, 4) is 0 Å². The second kappa shape index (κ2) is 3.40. The summed E-state index contributed by atoms with van der Waals surface area (Å²) in [7, 11) is 0. The molecule has 11 heavy (non-hydrogen) atoms. The molecule has 68 valence electrons. The van der Waals surface area contributed by atoms with Crippen LogP contribution in [0.1, 0.15) is 0 Å². The summed E-state index contributed by atoms with van der Waals surface area (Å²) in [6, 6.07) is 0. The smallest absolute Gasteiger partial charge is 0.168 e. The third-order valence-electron chi connectivity index (χ3n) is 0.712. The number of alkyl halides is 8. The molecule has 0 aromatic carbocycles. The fourth-order valence-electron chi connectivity index (χ4n) is 0.161. The fourth-order valence-corrected chi connectivity index (χ4v) is 0.600. The lowest BCUT2D eigenvalue weighted by molar-refractivity contribution is -0.135. The van der Waals surface area contributed by atoms with Crippen molar-refractivity contribution in [2.45, 2.75) is 13.2 Å². The molecule has 8 heteroatoms. The highest BCUT2D eigenvalue weighted by atomic mass is 79.9. The quantitative estimate of drug-likeness (QED) is 0.609. The first-order valence-electron chi connectivity index (χ1n) is 2.01. The summed E-state index contributed by atoms with van der Waals surface area (Å²) in [5.41, 5.74) is 0. The predicted octanol–water partition coefficient (Wildman–Crippen LogP) is 4.41. The van der Waals surface area contributed by atoms with Crippen molar-refractivity contribution in [3.63, 3.8) is 0 Å². The lowest BCUT2D eigenvalue weighted by Crippen LogP contribution is -2.44. The second-order valence-corrected chi connectivity index (χ2v) is 7.21. The molecule has 0 aromatic heterocycles. The Kier molecular flexibility index (Phi) is 3.91. The summed E-state index contributed by atoms with van der Waals surface area (Å²) in [4.78, 5) is 0. The van der Waals surface area contributed by atoms with Crippen molar-refractivity contribution < 1.29 is 13.2 Å². The maximum atomic E-state index is 12.0. The Bertz CT molecular complexity index is 133. The molecule has 0 spiro atoms. The Hall–Kier alpha value is 1.62. The van der Waals surface area contributed by atoms with Crippen molar-refractivity contribution in [3.05, 3.63) is 0 Å². The molecule has 0 bridgehead atoms. The van der Waals surface area contributed by atoms with E-state index in [0.717, 1.165) is 0 Å². The Morgan fingerprint density at radius 2 is 1.18 bits per heavy atom. The minimum Gasteiger partial charge on any atom is -0.168 e. The van der Waals surface area contributed by atoms with Gasteiger partial charge >= 0.3 is 6.18 Å². The van der Waals surface area contributed by atoms with Crippen molar-refractivity contribution in [1.82, 2.24) is 0 Å². The van der Waals surface area contributed by atoms with E-state index in [1.54, 1.807) is 0 Å². The monoisotopic (exact) mass is 356 g/mol. The molecule has 0 radical (unpaired) electrons. The molecular weight excluding hydrogens is 359 g/mol. The average molecular weight is 359 g/mol. The van der Waals surface area contributed by atoms with Crippen LogP contribution in [0.25, 0.3) is 0 Å². The van der Waals surface area contributed by atoms with E-state index in [1.165, 1.54) is 0 Å². The molecule has 0 amide bonds. The van der Waals surface area contributed by atoms with Gasteiger partial charge in [0.05, 0.1) is 0 Å². The Balaban J connectivity index is 4.75. The van der Waals surface area contributed by atoms with Gasteiger partial charge in [-0.05, 0) is 15.9 Å². The van der Waals surface area contributed by atoms with Gasteiger partial charge in [0.25, 0.3) is 0 Å². The number of rotatable bonds is 1. The van der Waals surface area contributed by atoms with E-state index < -0.39 is 13.2 Å². The molecule has 0 aliphatic heterocycles. The van der Waals surface area contributed by atoms with E-state index in [4.69, 9.17) is 34.8 Å². The molecule has 0 saturated heterocycles. The molecule has 0 aromatic rings. The largest absolute Gasteiger partial charge is 0.421 e. The lowest BCUT2D eigenvalue weighted by atomic mass is 10.4. The van der Waals surface area contributed by atoms with E-state index in [2.05, 4.69) is 31.9 Å². The molecule has 0 rings (SSSR count). The summed E-state index contributed by atoms with van der Waals surface area (Å²) in [5.74, 6) is 0. The summed E-state index contributed by atoms with van der Waals surface area (Å²) in [6.45, 7) is 0. The molecule has 0 aliphatic rings. The second-order valence-electron chi connectivity index (χ2n) is 1.57. The van der Waals surface area contributed by atoms with Gasteiger partial charge in [0.2, 0.25) is 7.03 Å². The van der Waals surface area contributed by atoms with Crippen molar-refractivity contribution in [2.24, 2.45) is 0 Å². The summed E-state index contributed by atoms with van der Waals surface area (Å²) < 4.78 is 30.7. The first-order chi connectivity index (χ1) is 4.50. The Labute approximate surface area is 92.6 Å². The molecular formula is C3Br2Cl3F3. The van der Waals surface area contributed by atoms with Gasteiger partial charge in [-0.15, -0.1) is 0 Å². The number of hydrogen-bond donors (Lipinski definition) is 0. The zero-order chi connectivity index (χ0) is 9.50. The first-order valence-corrected chi connectivity index (χ1v) is 4.73. The molecule has 1 atom stereocenters. The number of hydrogen-bond acceptors (Lipinski definition) is 0. The molecule has 1 unspecified atom stereocenters. The summed E-state index contributed by atoms with van der Waals surface area (Å²) >= 11 is 19.7. The topological polar surface area (TPSA) is 0 Å². The van der Waals surface area contributed by atoms with Crippen LogP contribution in [-0.4, -0.2) is 13.2 Å². The van der Waals surface area contributed by atoms with E-state index >= 15 is 0 Å². The van der Waals surface area contributed by atoms with Gasteiger partial charge in [-0.3, -0.25) is 0 Å². The van der Waals surface area contributed by atoms with Crippen molar-refractivity contribution in [2.75, 3.05) is 0 Å². The maximum absolute atomic E-state index is 12.0. The van der Waals surface area contributed by atoms with Gasteiger partial charge in [0.15, 0.2) is 0 Å². The van der Waals surface area contributed by atoms with Gasteiger partial charge in [-0.25, -0.2) is 0 Å². The van der Waals surface area contributed by atoms with Crippen LogP contribution < -0.4 is 0 Å². The van der Waals surface area contributed by atoms with E-state index in [1.807, 2.05) is 0 Å². The molecule has 0 heterocycles. The highest BCUT2D eigenvalue weighted by Crippen LogP contribution is 2.56. The standard InChI is InChI=1S/C3Br2Cl3F3/c4-1(6,2(5,7)8)3(9,10)11. The van der Waals surface area contributed by atoms with E-state index in [9.17, 15) is 13.2 Å². The lowest BCUT2D eigenvalue weighted by Gasteiger charge is -2.29. The summed E-state index contributed by atoms with van der Waals surface area (Å²) in [5, 5.41) is 0. The minimum atomic E-state index is -4.75. The van der Waals surface area contributed by atoms with Gasteiger partial charge in [-0.1, -0.05) is 50.7 Å². The van der Waals surface area contributed by atoms with Crippen LogP contribution in [0.3, 0.4) is 0 Å². The first kappa shape index (κ1) is 12.6. The van der Waals surface area contributed by atoms with Crippen LogP contribution in [0.15, 0.2) is 0 Å². The van der Waals surface area contributed by atoms with Crippen molar-refractivity contribution >= 4 is 66.7 Å². The predicted molar refractivity (Wildman–Crippen MR) is 46.9 cm³/mol. The van der Waals surface area contributed by atoms with Crippen LogP contribution in [0.5, 0.6) is 0 Å². The normalized spacial score (nSPS) is 19.6. The maximum Gasteiger partial charge on any atom is 0.421 e. The van der Waals surface area contributed by atoms with Gasteiger partial charge in [0.1, 0.15) is 0 Å². The van der Waals surface area contributed by atoms with Gasteiger partial charge in [-0.2, -0.15) is 13.2 Å². The fraction of sp³-hybridized carbons (Fsp3) is 1.00.